The number of thiophene rings is 1. The maximum absolute atomic E-state index is 12.7. The Labute approximate surface area is 161 Å². The maximum Gasteiger partial charge on any atom is 0.357 e. The molecule has 3 rings (SSSR count). The molecule has 1 amide bonds. The SMILES string of the molecule is C=CCNC(=O)C(C)OC(=O)c1cc(-c2cccs2)nn1-c1ccccc1. The molecule has 6 nitrogen and oxygen atoms in total. The summed E-state index contributed by atoms with van der Waals surface area (Å²) in [5, 5.41) is 9.11. The highest BCUT2D eigenvalue weighted by atomic mass is 32.1. The van der Waals surface area contributed by atoms with Crippen molar-refractivity contribution in [3.8, 4) is 16.3 Å². The van der Waals surface area contributed by atoms with Crippen LogP contribution < -0.4 is 5.32 Å². The smallest absolute Gasteiger partial charge is 0.357 e. The van der Waals surface area contributed by atoms with Crippen molar-refractivity contribution in [2.45, 2.75) is 13.0 Å². The van der Waals surface area contributed by atoms with Gasteiger partial charge in [0.1, 0.15) is 5.69 Å². The predicted molar refractivity (Wildman–Crippen MR) is 105 cm³/mol. The number of hydrogen-bond donors (Lipinski definition) is 1. The highest BCUT2D eigenvalue weighted by Crippen LogP contribution is 2.26. The van der Waals surface area contributed by atoms with E-state index < -0.39 is 12.1 Å². The van der Waals surface area contributed by atoms with Crippen molar-refractivity contribution < 1.29 is 14.3 Å². The third-order valence-corrected chi connectivity index (χ3v) is 4.66. The average molecular weight is 381 g/mol. The van der Waals surface area contributed by atoms with E-state index in [0.29, 0.717) is 12.2 Å². The molecular formula is C20H19N3O3S. The van der Waals surface area contributed by atoms with Crippen LogP contribution in [0.2, 0.25) is 0 Å². The number of carbonyl (C=O) groups excluding carboxylic acids is 2. The molecule has 27 heavy (non-hydrogen) atoms. The third-order valence-electron chi connectivity index (χ3n) is 3.77. The summed E-state index contributed by atoms with van der Waals surface area (Å²) in [7, 11) is 0. The molecule has 3 aromatic rings. The van der Waals surface area contributed by atoms with Crippen LogP contribution in [-0.4, -0.2) is 34.3 Å². The summed E-state index contributed by atoms with van der Waals surface area (Å²) in [5.74, 6) is -0.997. The first-order valence-electron chi connectivity index (χ1n) is 8.39. The Morgan fingerprint density at radius 2 is 2.07 bits per heavy atom. The largest absolute Gasteiger partial charge is 0.448 e. The van der Waals surface area contributed by atoms with Crippen LogP contribution in [0, 0.1) is 0 Å². The summed E-state index contributed by atoms with van der Waals surface area (Å²) in [6.07, 6.45) is 0.631. The molecule has 0 aliphatic rings. The van der Waals surface area contributed by atoms with E-state index in [1.54, 1.807) is 12.1 Å². The molecule has 1 N–H and O–H groups in total. The van der Waals surface area contributed by atoms with Gasteiger partial charge in [-0.05, 0) is 30.5 Å². The summed E-state index contributed by atoms with van der Waals surface area (Å²) in [6, 6.07) is 14.8. The van der Waals surface area contributed by atoms with E-state index in [2.05, 4.69) is 17.0 Å². The number of esters is 1. The highest BCUT2D eigenvalue weighted by Gasteiger charge is 2.23. The molecule has 1 unspecified atom stereocenters. The average Bonchev–Trinajstić information content (AvgIpc) is 3.36. The van der Waals surface area contributed by atoms with Crippen LogP contribution in [0.4, 0.5) is 0 Å². The second kappa shape index (κ2) is 8.46. The number of nitrogens with zero attached hydrogens (tertiary/aromatic N) is 2. The van der Waals surface area contributed by atoms with Gasteiger partial charge < -0.3 is 10.1 Å². The minimum atomic E-state index is -0.929. The van der Waals surface area contributed by atoms with E-state index in [-0.39, 0.29) is 11.6 Å². The Kier molecular flexibility index (Phi) is 5.83. The van der Waals surface area contributed by atoms with E-state index in [0.717, 1.165) is 10.6 Å². The van der Waals surface area contributed by atoms with Gasteiger partial charge in [-0.3, -0.25) is 4.79 Å². The van der Waals surface area contributed by atoms with Gasteiger partial charge in [0.05, 0.1) is 10.6 Å². The molecule has 0 aliphatic heterocycles. The van der Waals surface area contributed by atoms with Crippen LogP contribution in [0.25, 0.3) is 16.3 Å². The molecule has 0 saturated heterocycles. The van der Waals surface area contributed by atoms with E-state index in [4.69, 9.17) is 4.74 Å². The van der Waals surface area contributed by atoms with Crippen LogP contribution in [0.1, 0.15) is 17.4 Å². The Hall–Kier alpha value is -3.19. The number of rotatable bonds is 7. The van der Waals surface area contributed by atoms with Gasteiger partial charge in [-0.2, -0.15) is 5.10 Å². The Bertz CT molecular complexity index is 933. The minimum absolute atomic E-state index is 0.257. The lowest BCUT2D eigenvalue weighted by Crippen LogP contribution is -2.36. The van der Waals surface area contributed by atoms with Crippen molar-refractivity contribution in [1.29, 1.82) is 0 Å². The van der Waals surface area contributed by atoms with Gasteiger partial charge in [0, 0.05) is 12.6 Å². The Balaban J connectivity index is 1.90. The fourth-order valence-corrected chi connectivity index (χ4v) is 3.11. The molecule has 0 radical (unpaired) electrons. The molecule has 7 heteroatoms. The first-order chi connectivity index (χ1) is 13.1. The van der Waals surface area contributed by atoms with Gasteiger partial charge in [0.15, 0.2) is 11.8 Å². The van der Waals surface area contributed by atoms with E-state index in [1.165, 1.54) is 22.9 Å². The topological polar surface area (TPSA) is 73.2 Å². The van der Waals surface area contributed by atoms with Crippen LogP contribution >= 0.6 is 11.3 Å². The van der Waals surface area contributed by atoms with Gasteiger partial charge >= 0.3 is 5.97 Å². The maximum atomic E-state index is 12.7. The zero-order valence-corrected chi connectivity index (χ0v) is 15.6. The quantitative estimate of drug-likeness (QED) is 0.503. The molecule has 0 saturated carbocycles. The molecular weight excluding hydrogens is 362 g/mol. The van der Waals surface area contributed by atoms with Gasteiger partial charge in [-0.25, -0.2) is 9.48 Å². The Morgan fingerprint density at radius 1 is 1.30 bits per heavy atom. The van der Waals surface area contributed by atoms with Gasteiger partial charge in [0.25, 0.3) is 5.91 Å². The summed E-state index contributed by atoms with van der Waals surface area (Å²) in [5.41, 5.74) is 1.66. The van der Waals surface area contributed by atoms with Crippen LogP contribution in [-0.2, 0) is 9.53 Å². The van der Waals surface area contributed by atoms with Crippen molar-refractivity contribution in [3.05, 3.63) is 72.3 Å². The van der Waals surface area contributed by atoms with Crippen molar-refractivity contribution >= 4 is 23.2 Å². The lowest BCUT2D eigenvalue weighted by molar-refractivity contribution is -0.128. The van der Waals surface area contributed by atoms with Crippen molar-refractivity contribution in [1.82, 2.24) is 15.1 Å². The number of nitrogens with one attached hydrogen (secondary N) is 1. The first-order valence-corrected chi connectivity index (χ1v) is 9.27. The predicted octanol–water partition coefficient (Wildman–Crippen LogP) is 3.45. The molecule has 1 aromatic carbocycles. The van der Waals surface area contributed by atoms with E-state index in [9.17, 15) is 9.59 Å². The number of ether oxygens (including phenoxy) is 1. The summed E-state index contributed by atoms with van der Waals surface area (Å²) in [6.45, 7) is 5.38. The number of amides is 1. The number of para-hydroxylation sites is 1. The third kappa shape index (κ3) is 4.32. The van der Waals surface area contributed by atoms with E-state index >= 15 is 0 Å². The summed E-state index contributed by atoms with van der Waals surface area (Å²) < 4.78 is 6.88. The van der Waals surface area contributed by atoms with Crippen LogP contribution in [0.15, 0.2) is 66.6 Å². The highest BCUT2D eigenvalue weighted by molar-refractivity contribution is 7.13. The lowest BCUT2D eigenvalue weighted by atomic mass is 10.3. The molecule has 1 atom stereocenters. The standard InChI is InChI=1S/C20H19N3O3S/c1-3-11-21-19(24)14(2)26-20(25)17-13-16(18-10-7-12-27-18)22-23(17)15-8-5-4-6-9-15/h3-10,12-14H,1,11H2,2H3,(H,21,24). The number of benzene rings is 1. The molecule has 0 aliphatic carbocycles. The number of aromatic nitrogens is 2. The molecule has 0 fully saturated rings. The second-order valence-corrected chi connectivity index (χ2v) is 6.67. The van der Waals surface area contributed by atoms with Crippen LogP contribution in [0.3, 0.4) is 0 Å². The van der Waals surface area contributed by atoms with Crippen LogP contribution in [0.5, 0.6) is 0 Å². The van der Waals surface area contributed by atoms with Crippen molar-refractivity contribution in [2.24, 2.45) is 0 Å². The first kappa shape index (κ1) is 18.6. The van der Waals surface area contributed by atoms with Gasteiger partial charge in [0.2, 0.25) is 0 Å². The molecule has 0 spiro atoms. The second-order valence-electron chi connectivity index (χ2n) is 5.72. The zero-order chi connectivity index (χ0) is 19.2. The number of hydrogen-bond acceptors (Lipinski definition) is 5. The molecule has 2 aromatic heterocycles. The zero-order valence-electron chi connectivity index (χ0n) is 14.8. The molecule has 0 bridgehead atoms. The van der Waals surface area contributed by atoms with Crippen molar-refractivity contribution in [2.75, 3.05) is 6.54 Å². The minimum Gasteiger partial charge on any atom is -0.448 e. The monoisotopic (exact) mass is 381 g/mol. The fraction of sp³-hybridized carbons (Fsp3) is 0.150. The number of carbonyl (C=O) groups is 2. The molecule has 138 valence electrons. The lowest BCUT2D eigenvalue weighted by Gasteiger charge is -2.13. The Morgan fingerprint density at radius 3 is 2.74 bits per heavy atom. The van der Waals surface area contributed by atoms with Gasteiger partial charge in [-0.15, -0.1) is 17.9 Å². The summed E-state index contributed by atoms with van der Waals surface area (Å²) in [4.78, 5) is 25.6. The van der Waals surface area contributed by atoms with Gasteiger partial charge in [-0.1, -0.05) is 30.3 Å². The summed E-state index contributed by atoms with van der Waals surface area (Å²) >= 11 is 1.53. The molecule has 2 heterocycles. The van der Waals surface area contributed by atoms with Crippen molar-refractivity contribution in [3.63, 3.8) is 0 Å². The normalized spacial score (nSPS) is 11.6. The van der Waals surface area contributed by atoms with E-state index in [1.807, 2.05) is 47.8 Å². The fourth-order valence-electron chi connectivity index (χ4n) is 2.43.